The molecule has 158 valence electrons. The van der Waals surface area contributed by atoms with E-state index in [-0.39, 0.29) is 34.1 Å². The summed E-state index contributed by atoms with van der Waals surface area (Å²) in [6.45, 7) is 1.84. The molecule has 0 unspecified atom stereocenters. The summed E-state index contributed by atoms with van der Waals surface area (Å²) in [7, 11) is -3.76. The van der Waals surface area contributed by atoms with Gasteiger partial charge in [-0.05, 0) is 61.0 Å². The molecule has 0 spiro atoms. The second-order valence-corrected chi connectivity index (χ2v) is 8.48. The maximum atomic E-state index is 13.1. The van der Waals surface area contributed by atoms with Crippen LogP contribution in [-0.2, 0) is 10.0 Å². The lowest BCUT2D eigenvalue weighted by Gasteiger charge is -2.15. The molecule has 2 heterocycles. The highest BCUT2D eigenvalue weighted by atomic mass is 32.2. The summed E-state index contributed by atoms with van der Waals surface area (Å²) in [6.07, 6.45) is 0. The van der Waals surface area contributed by atoms with Crippen LogP contribution < -0.4 is 10.5 Å². The fourth-order valence-electron chi connectivity index (χ4n) is 3.07. The van der Waals surface area contributed by atoms with Crippen LogP contribution in [0, 0.1) is 5.82 Å². The Labute approximate surface area is 177 Å². The third-order valence-electron chi connectivity index (χ3n) is 4.72. The first-order chi connectivity index (χ1) is 14.7. The maximum absolute atomic E-state index is 13.1. The number of hydrogen-bond donors (Lipinski definition) is 3. The first kappa shape index (κ1) is 20.6. The third kappa shape index (κ3) is 4.44. The van der Waals surface area contributed by atoms with Crippen LogP contribution in [0.4, 0.5) is 10.3 Å². The number of nitrogens with two attached hydrogens (primary N) is 1. The molecular formula is C21H18FN5O3S. The predicted molar refractivity (Wildman–Crippen MR) is 114 cm³/mol. The summed E-state index contributed by atoms with van der Waals surface area (Å²) in [5.41, 5.74) is 2.67. The van der Waals surface area contributed by atoms with Gasteiger partial charge in [0.2, 0.25) is 21.9 Å². The number of sulfonamides is 1. The van der Waals surface area contributed by atoms with Gasteiger partial charge in [-0.3, -0.25) is 0 Å². The Hall–Kier alpha value is -3.63. The SMILES string of the molecule is C[C@@H](Nc1nc(O)c2nc(-c3ccc(F)cc3)ccc2n1)c1ccc(S(N)(=O)=O)cc1. The lowest BCUT2D eigenvalue weighted by molar-refractivity contribution is 0.458. The number of primary sulfonamides is 1. The van der Waals surface area contributed by atoms with Gasteiger partial charge < -0.3 is 10.4 Å². The van der Waals surface area contributed by atoms with Crippen molar-refractivity contribution in [1.29, 1.82) is 0 Å². The van der Waals surface area contributed by atoms with Crippen molar-refractivity contribution in [3.63, 3.8) is 0 Å². The molecule has 8 nitrogen and oxygen atoms in total. The number of fused-ring (bicyclic) bond motifs is 1. The van der Waals surface area contributed by atoms with Gasteiger partial charge in [-0.2, -0.15) is 4.98 Å². The Bertz CT molecular complexity index is 1360. The van der Waals surface area contributed by atoms with Crippen LogP contribution in [0.25, 0.3) is 22.3 Å². The van der Waals surface area contributed by atoms with E-state index in [1.54, 1.807) is 36.4 Å². The van der Waals surface area contributed by atoms with Crippen molar-refractivity contribution in [2.45, 2.75) is 17.9 Å². The highest BCUT2D eigenvalue weighted by molar-refractivity contribution is 7.89. The summed E-state index contributed by atoms with van der Waals surface area (Å²) in [4.78, 5) is 12.9. The average Bonchev–Trinajstić information content (AvgIpc) is 2.73. The third-order valence-corrected chi connectivity index (χ3v) is 5.65. The van der Waals surface area contributed by atoms with Crippen LogP contribution in [0.3, 0.4) is 0 Å². The monoisotopic (exact) mass is 439 g/mol. The number of benzene rings is 2. The molecule has 2 aromatic carbocycles. The highest BCUT2D eigenvalue weighted by Gasteiger charge is 2.14. The van der Waals surface area contributed by atoms with E-state index in [2.05, 4.69) is 20.3 Å². The van der Waals surface area contributed by atoms with E-state index in [0.717, 1.165) is 5.56 Å². The number of hydrogen-bond acceptors (Lipinski definition) is 7. The van der Waals surface area contributed by atoms with Crippen LogP contribution in [0.2, 0.25) is 0 Å². The van der Waals surface area contributed by atoms with E-state index >= 15 is 0 Å². The van der Waals surface area contributed by atoms with Gasteiger partial charge in [0, 0.05) is 5.56 Å². The Morgan fingerprint density at radius 1 is 0.968 bits per heavy atom. The molecule has 4 N–H and O–H groups in total. The Balaban J connectivity index is 1.60. The smallest absolute Gasteiger partial charge is 0.243 e. The van der Waals surface area contributed by atoms with Gasteiger partial charge in [-0.25, -0.2) is 27.9 Å². The van der Waals surface area contributed by atoms with Gasteiger partial charge >= 0.3 is 0 Å². The van der Waals surface area contributed by atoms with E-state index in [1.807, 2.05) is 6.92 Å². The van der Waals surface area contributed by atoms with Crippen molar-refractivity contribution in [2.75, 3.05) is 5.32 Å². The molecule has 0 saturated carbocycles. The lowest BCUT2D eigenvalue weighted by Crippen LogP contribution is -2.13. The number of aromatic hydroxyl groups is 1. The second-order valence-electron chi connectivity index (χ2n) is 6.92. The molecular weight excluding hydrogens is 421 g/mol. The number of nitrogens with one attached hydrogen (secondary N) is 1. The molecule has 0 aliphatic carbocycles. The maximum Gasteiger partial charge on any atom is 0.243 e. The average molecular weight is 439 g/mol. The standard InChI is InChI=1S/C21H18FN5O3S/c1-12(13-4-8-16(9-5-13)31(23,29)30)24-21-26-18-11-10-17(25-19(18)20(28)27-21)14-2-6-15(22)7-3-14/h2-12H,1H3,(H2,23,29,30)(H2,24,26,27,28)/t12-/m1/s1. The Morgan fingerprint density at radius 3 is 2.29 bits per heavy atom. The molecule has 0 bridgehead atoms. The Morgan fingerprint density at radius 2 is 1.65 bits per heavy atom. The summed E-state index contributed by atoms with van der Waals surface area (Å²) in [5, 5.41) is 18.6. The first-order valence-electron chi connectivity index (χ1n) is 9.24. The number of anilines is 1. The molecule has 4 rings (SSSR count). The molecule has 0 aliphatic rings. The summed E-state index contributed by atoms with van der Waals surface area (Å²) in [5.74, 6) is -0.461. The molecule has 0 saturated heterocycles. The minimum absolute atomic E-state index is 0.0195. The van der Waals surface area contributed by atoms with Crippen LogP contribution in [0.15, 0.2) is 65.6 Å². The van der Waals surface area contributed by atoms with Crippen molar-refractivity contribution in [1.82, 2.24) is 15.0 Å². The number of nitrogens with zero attached hydrogens (tertiary/aromatic N) is 3. The van der Waals surface area contributed by atoms with E-state index < -0.39 is 10.0 Å². The normalized spacial score (nSPS) is 12.6. The molecule has 0 fully saturated rings. The molecule has 2 aromatic heterocycles. The van der Waals surface area contributed by atoms with E-state index in [1.165, 1.54) is 24.3 Å². The molecule has 0 amide bonds. The van der Waals surface area contributed by atoms with Gasteiger partial charge in [0.05, 0.1) is 22.1 Å². The van der Waals surface area contributed by atoms with Crippen molar-refractivity contribution in [2.24, 2.45) is 5.14 Å². The van der Waals surface area contributed by atoms with Crippen LogP contribution in [0.1, 0.15) is 18.5 Å². The predicted octanol–water partition coefficient (Wildman–Crippen LogP) is 3.36. The number of aromatic nitrogens is 3. The minimum atomic E-state index is -3.76. The second kappa shape index (κ2) is 7.89. The Kier molecular flexibility index (Phi) is 5.25. The zero-order valence-electron chi connectivity index (χ0n) is 16.3. The van der Waals surface area contributed by atoms with Gasteiger partial charge in [-0.15, -0.1) is 0 Å². The summed E-state index contributed by atoms with van der Waals surface area (Å²) in [6, 6.07) is 15.1. The highest BCUT2D eigenvalue weighted by Crippen LogP contribution is 2.27. The van der Waals surface area contributed by atoms with Gasteiger partial charge in [0.1, 0.15) is 5.82 Å². The number of rotatable bonds is 5. The topological polar surface area (TPSA) is 131 Å². The zero-order valence-corrected chi connectivity index (χ0v) is 17.1. The van der Waals surface area contributed by atoms with Gasteiger partial charge in [-0.1, -0.05) is 12.1 Å². The summed E-state index contributed by atoms with van der Waals surface area (Å²) >= 11 is 0. The van der Waals surface area contributed by atoms with E-state index in [0.29, 0.717) is 16.8 Å². The van der Waals surface area contributed by atoms with Crippen molar-refractivity contribution in [3.8, 4) is 17.1 Å². The molecule has 0 aliphatic heterocycles. The summed E-state index contributed by atoms with van der Waals surface area (Å²) < 4.78 is 35.9. The van der Waals surface area contributed by atoms with Crippen LogP contribution >= 0.6 is 0 Å². The van der Waals surface area contributed by atoms with Crippen molar-refractivity contribution in [3.05, 3.63) is 72.0 Å². The first-order valence-corrected chi connectivity index (χ1v) is 10.8. The molecule has 1 atom stereocenters. The quantitative estimate of drug-likeness (QED) is 0.434. The number of halogens is 1. The van der Waals surface area contributed by atoms with Crippen LogP contribution in [-0.4, -0.2) is 28.5 Å². The number of pyridine rings is 1. The van der Waals surface area contributed by atoms with Crippen molar-refractivity contribution >= 4 is 27.0 Å². The van der Waals surface area contributed by atoms with E-state index in [4.69, 9.17) is 5.14 Å². The van der Waals surface area contributed by atoms with Crippen molar-refractivity contribution < 1.29 is 17.9 Å². The minimum Gasteiger partial charge on any atom is -0.492 e. The largest absolute Gasteiger partial charge is 0.492 e. The molecule has 10 heteroatoms. The van der Waals surface area contributed by atoms with Crippen LogP contribution in [0.5, 0.6) is 5.88 Å². The fraction of sp³-hybridized carbons (Fsp3) is 0.0952. The lowest BCUT2D eigenvalue weighted by atomic mass is 10.1. The molecule has 4 aromatic rings. The van der Waals surface area contributed by atoms with E-state index in [9.17, 15) is 17.9 Å². The van der Waals surface area contributed by atoms with Gasteiger partial charge in [0.25, 0.3) is 0 Å². The molecule has 0 radical (unpaired) electrons. The van der Waals surface area contributed by atoms with Gasteiger partial charge in [0.15, 0.2) is 5.52 Å². The molecule has 31 heavy (non-hydrogen) atoms. The zero-order chi connectivity index (χ0) is 22.2. The fourth-order valence-corrected chi connectivity index (χ4v) is 3.58.